The van der Waals surface area contributed by atoms with Crippen molar-refractivity contribution in [2.24, 2.45) is 0 Å². The van der Waals surface area contributed by atoms with Gasteiger partial charge in [0.2, 0.25) is 0 Å². The third-order valence-electron chi connectivity index (χ3n) is 2.94. The summed E-state index contributed by atoms with van der Waals surface area (Å²) >= 11 is 5.69. The Balaban J connectivity index is 1.73. The fourth-order valence-electron chi connectivity index (χ4n) is 1.98. The van der Waals surface area contributed by atoms with Gasteiger partial charge in [0.05, 0.1) is 24.1 Å². The number of aryl methyl sites for hydroxylation is 1. The third kappa shape index (κ3) is 2.88. The lowest BCUT2D eigenvalue weighted by atomic mass is 10.3. The van der Waals surface area contributed by atoms with Gasteiger partial charge in [-0.2, -0.15) is 5.10 Å². The Labute approximate surface area is 121 Å². The van der Waals surface area contributed by atoms with Gasteiger partial charge in [-0.05, 0) is 12.1 Å². The summed E-state index contributed by atoms with van der Waals surface area (Å²) in [6, 6.07) is 10.0. The lowest BCUT2D eigenvalue weighted by Gasteiger charge is -1.99. The Kier molecular flexibility index (Phi) is 3.78. The minimum atomic E-state index is 0.560. The first kappa shape index (κ1) is 12.9. The summed E-state index contributed by atoms with van der Waals surface area (Å²) in [5.41, 5.74) is 3.03. The molecule has 0 aliphatic heterocycles. The molecule has 0 saturated carbocycles. The quantitative estimate of drug-likeness (QED) is 0.677. The van der Waals surface area contributed by atoms with Crippen LogP contribution in [0.25, 0.3) is 5.69 Å². The molecule has 0 spiro atoms. The van der Waals surface area contributed by atoms with Gasteiger partial charge in [-0.3, -0.25) is 0 Å². The lowest BCUT2D eigenvalue weighted by molar-refractivity contribution is 0.649. The van der Waals surface area contributed by atoms with Crippen molar-refractivity contribution in [1.29, 1.82) is 0 Å². The van der Waals surface area contributed by atoms with E-state index in [0.29, 0.717) is 12.4 Å². The zero-order chi connectivity index (χ0) is 13.8. The number of alkyl halides is 1. The second-order valence-corrected chi connectivity index (χ2v) is 4.85. The van der Waals surface area contributed by atoms with E-state index in [4.69, 9.17) is 11.6 Å². The smallest absolute Gasteiger partial charge is 0.0839 e. The summed E-state index contributed by atoms with van der Waals surface area (Å²) in [7, 11) is 0. The average Bonchev–Trinajstić information content (AvgIpc) is 3.11. The SMILES string of the molecule is ClCCc1cn(Cc2cnn(-c3ccccc3)c2)nn1. The number of aromatic nitrogens is 5. The van der Waals surface area contributed by atoms with E-state index in [9.17, 15) is 0 Å². The Hall–Kier alpha value is -2.14. The minimum absolute atomic E-state index is 0.560. The second-order valence-electron chi connectivity index (χ2n) is 4.48. The van der Waals surface area contributed by atoms with E-state index in [2.05, 4.69) is 15.4 Å². The van der Waals surface area contributed by atoms with Gasteiger partial charge >= 0.3 is 0 Å². The molecule has 0 N–H and O–H groups in total. The maximum absolute atomic E-state index is 5.69. The Bertz CT molecular complexity index is 674. The highest BCUT2D eigenvalue weighted by Crippen LogP contribution is 2.08. The maximum atomic E-state index is 5.69. The van der Waals surface area contributed by atoms with Crippen molar-refractivity contribution in [2.45, 2.75) is 13.0 Å². The number of para-hydroxylation sites is 1. The molecular weight excluding hydrogens is 274 g/mol. The molecular formula is C14H14ClN5. The average molecular weight is 288 g/mol. The van der Waals surface area contributed by atoms with Crippen LogP contribution < -0.4 is 0 Å². The van der Waals surface area contributed by atoms with Crippen LogP contribution >= 0.6 is 11.6 Å². The number of benzene rings is 1. The molecule has 0 radical (unpaired) electrons. The standard InChI is InChI=1S/C14H14ClN5/c15-7-6-13-11-19(18-17-13)9-12-8-16-20(10-12)14-4-2-1-3-5-14/h1-5,8,10-11H,6-7,9H2. The summed E-state index contributed by atoms with van der Waals surface area (Å²) in [5, 5.41) is 12.5. The van der Waals surface area contributed by atoms with Crippen molar-refractivity contribution in [3.05, 3.63) is 60.2 Å². The number of halogens is 1. The van der Waals surface area contributed by atoms with E-state index in [1.54, 1.807) is 4.68 Å². The van der Waals surface area contributed by atoms with E-state index in [0.717, 1.165) is 23.4 Å². The van der Waals surface area contributed by atoms with Gasteiger partial charge in [0.25, 0.3) is 0 Å². The fraction of sp³-hybridized carbons (Fsp3) is 0.214. The zero-order valence-corrected chi connectivity index (χ0v) is 11.6. The predicted molar refractivity (Wildman–Crippen MR) is 77.1 cm³/mol. The minimum Gasteiger partial charge on any atom is -0.248 e. The van der Waals surface area contributed by atoms with Crippen molar-refractivity contribution >= 4 is 11.6 Å². The molecule has 2 heterocycles. The summed E-state index contributed by atoms with van der Waals surface area (Å²) in [4.78, 5) is 0. The number of hydrogen-bond acceptors (Lipinski definition) is 3. The fourth-order valence-corrected chi connectivity index (χ4v) is 2.17. The molecule has 0 amide bonds. The van der Waals surface area contributed by atoms with Crippen molar-refractivity contribution < 1.29 is 0 Å². The van der Waals surface area contributed by atoms with Crippen LogP contribution in [0.3, 0.4) is 0 Å². The third-order valence-corrected chi connectivity index (χ3v) is 3.13. The number of hydrogen-bond donors (Lipinski definition) is 0. The molecule has 102 valence electrons. The van der Waals surface area contributed by atoms with Gasteiger partial charge in [-0.15, -0.1) is 16.7 Å². The summed E-state index contributed by atoms with van der Waals surface area (Å²) in [6.45, 7) is 0.655. The van der Waals surface area contributed by atoms with E-state index >= 15 is 0 Å². The van der Waals surface area contributed by atoms with E-state index in [1.165, 1.54) is 0 Å². The molecule has 0 bridgehead atoms. The van der Waals surface area contributed by atoms with Gasteiger partial charge in [-0.25, -0.2) is 9.36 Å². The maximum Gasteiger partial charge on any atom is 0.0839 e. The lowest BCUT2D eigenvalue weighted by Crippen LogP contribution is -1.99. The topological polar surface area (TPSA) is 48.5 Å². The van der Waals surface area contributed by atoms with Crippen LogP contribution in [0.2, 0.25) is 0 Å². The van der Waals surface area contributed by atoms with Gasteiger partial charge < -0.3 is 0 Å². The molecule has 2 aromatic heterocycles. The summed E-state index contributed by atoms with van der Waals surface area (Å²) < 4.78 is 3.65. The van der Waals surface area contributed by atoms with Crippen LogP contribution in [0.5, 0.6) is 0 Å². The van der Waals surface area contributed by atoms with Gasteiger partial charge in [0, 0.05) is 30.3 Å². The molecule has 0 saturated heterocycles. The molecule has 3 rings (SSSR count). The van der Waals surface area contributed by atoms with Crippen LogP contribution in [0.15, 0.2) is 48.9 Å². The van der Waals surface area contributed by atoms with E-state index < -0.39 is 0 Å². The van der Waals surface area contributed by atoms with Crippen molar-refractivity contribution in [1.82, 2.24) is 24.8 Å². The monoisotopic (exact) mass is 287 g/mol. The van der Waals surface area contributed by atoms with Crippen LogP contribution in [0.1, 0.15) is 11.3 Å². The zero-order valence-electron chi connectivity index (χ0n) is 10.9. The first-order valence-electron chi connectivity index (χ1n) is 6.39. The van der Waals surface area contributed by atoms with Crippen molar-refractivity contribution in [3.8, 4) is 5.69 Å². The van der Waals surface area contributed by atoms with Crippen LogP contribution in [-0.2, 0) is 13.0 Å². The molecule has 20 heavy (non-hydrogen) atoms. The van der Waals surface area contributed by atoms with Crippen molar-refractivity contribution in [3.63, 3.8) is 0 Å². The molecule has 0 fully saturated rings. The molecule has 1 aromatic carbocycles. The molecule has 5 nitrogen and oxygen atoms in total. The largest absolute Gasteiger partial charge is 0.248 e. The highest BCUT2D eigenvalue weighted by Gasteiger charge is 2.04. The molecule has 0 atom stereocenters. The highest BCUT2D eigenvalue weighted by molar-refractivity contribution is 6.17. The predicted octanol–water partition coefficient (Wildman–Crippen LogP) is 2.29. The van der Waals surface area contributed by atoms with Gasteiger partial charge in [0.1, 0.15) is 0 Å². The van der Waals surface area contributed by atoms with Crippen LogP contribution in [0, 0.1) is 0 Å². The van der Waals surface area contributed by atoms with Crippen LogP contribution in [0.4, 0.5) is 0 Å². The van der Waals surface area contributed by atoms with Gasteiger partial charge in [0.15, 0.2) is 0 Å². The van der Waals surface area contributed by atoms with Crippen LogP contribution in [-0.4, -0.2) is 30.7 Å². The molecule has 6 heteroatoms. The Morgan fingerprint density at radius 2 is 1.95 bits per heavy atom. The molecule has 0 aliphatic rings. The summed E-state index contributed by atoms with van der Waals surface area (Å²) in [6.07, 6.45) is 6.50. The normalized spacial score (nSPS) is 10.8. The molecule has 0 unspecified atom stereocenters. The van der Waals surface area contributed by atoms with E-state index in [1.807, 2.05) is 53.6 Å². The highest BCUT2D eigenvalue weighted by atomic mass is 35.5. The Morgan fingerprint density at radius 3 is 2.75 bits per heavy atom. The van der Waals surface area contributed by atoms with Crippen molar-refractivity contribution in [2.75, 3.05) is 5.88 Å². The van der Waals surface area contributed by atoms with E-state index in [-0.39, 0.29) is 0 Å². The first-order chi connectivity index (χ1) is 9.85. The second kappa shape index (κ2) is 5.88. The number of nitrogens with zero attached hydrogens (tertiary/aromatic N) is 5. The molecule has 3 aromatic rings. The summed E-state index contributed by atoms with van der Waals surface area (Å²) in [5.74, 6) is 0.560. The van der Waals surface area contributed by atoms with Gasteiger partial charge in [-0.1, -0.05) is 23.4 Å². The first-order valence-corrected chi connectivity index (χ1v) is 6.92. The molecule has 0 aliphatic carbocycles. The Morgan fingerprint density at radius 1 is 1.10 bits per heavy atom. The number of rotatable bonds is 5.